The quantitative estimate of drug-likeness (QED) is 0.877. The maximum absolute atomic E-state index is 6.03. The van der Waals surface area contributed by atoms with Gasteiger partial charge < -0.3 is 10.5 Å². The predicted molar refractivity (Wildman–Crippen MR) is 76.3 cm³/mol. The first kappa shape index (κ1) is 13.3. The van der Waals surface area contributed by atoms with E-state index in [1.165, 1.54) is 0 Å². The van der Waals surface area contributed by atoms with Gasteiger partial charge in [0.1, 0.15) is 0 Å². The van der Waals surface area contributed by atoms with E-state index in [0.717, 1.165) is 25.0 Å². The molecule has 20 heavy (non-hydrogen) atoms. The molecule has 1 aliphatic rings. The number of aromatic nitrogens is 4. The largest absolute Gasteiger partial charge is 0.398 e. The van der Waals surface area contributed by atoms with Crippen LogP contribution in [0.1, 0.15) is 19.8 Å². The Morgan fingerprint density at radius 2 is 2.35 bits per heavy atom. The third-order valence-corrected chi connectivity index (χ3v) is 3.81. The van der Waals surface area contributed by atoms with Gasteiger partial charge in [-0.2, -0.15) is 0 Å². The smallest absolute Gasteiger partial charge is 0.184 e. The van der Waals surface area contributed by atoms with E-state index in [1.54, 1.807) is 22.9 Å². The summed E-state index contributed by atoms with van der Waals surface area (Å²) in [7, 11) is 0. The van der Waals surface area contributed by atoms with Gasteiger partial charge in [-0.05, 0) is 48.4 Å². The average Bonchev–Trinajstić information content (AvgIpc) is 3.02. The van der Waals surface area contributed by atoms with E-state index in [9.17, 15) is 0 Å². The van der Waals surface area contributed by atoms with Crippen molar-refractivity contribution in [3.8, 4) is 11.4 Å². The molecule has 0 radical (unpaired) electrons. The zero-order chi connectivity index (χ0) is 14.2. The minimum Gasteiger partial charge on any atom is -0.398 e. The molecule has 1 fully saturated rings. The number of ether oxygens (including phenoxy) is 1. The molecule has 7 heteroatoms. The molecule has 1 atom stereocenters. The highest BCUT2D eigenvalue weighted by Crippen LogP contribution is 2.30. The van der Waals surface area contributed by atoms with Crippen LogP contribution in [0.5, 0.6) is 0 Å². The molecule has 1 aromatic carbocycles. The van der Waals surface area contributed by atoms with Crippen molar-refractivity contribution < 1.29 is 4.74 Å². The fraction of sp³-hybridized carbons (Fsp3) is 0.462. The van der Waals surface area contributed by atoms with E-state index < -0.39 is 0 Å². The molecule has 1 saturated heterocycles. The highest BCUT2D eigenvalue weighted by Gasteiger charge is 2.32. The van der Waals surface area contributed by atoms with Crippen molar-refractivity contribution in [2.45, 2.75) is 31.9 Å². The van der Waals surface area contributed by atoms with Gasteiger partial charge in [-0.3, -0.25) is 0 Å². The molecule has 0 spiro atoms. The van der Waals surface area contributed by atoms with Gasteiger partial charge in [0.25, 0.3) is 0 Å². The van der Waals surface area contributed by atoms with Crippen LogP contribution >= 0.6 is 11.6 Å². The van der Waals surface area contributed by atoms with Gasteiger partial charge in [-0.15, -0.1) is 5.10 Å². The Balaban J connectivity index is 1.95. The Hall–Kier alpha value is -1.66. The highest BCUT2D eigenvalue weighted by molar-refractivity contribution is 6.31. The van der Waals surface area contributed by atoms with Crippen molar-refractivity contribution in [3.63, 3.8) is 0 Å². The molecule has 106 valence electrons. The van der Waals surface area contributed by atoms with Crippen LogP contribution in [0.3, 0.4) is 0 Å². The molecule has 2 heterocycles. The van der Waals surface area contributed by atoms with Crippen molar-refractivity contribution in [1.82, 2.24) is 20.2 Å². The molecular formula is C13H16ClN5O. The topological polar surface area (TPSA) is 78.9 Å². The normalized spacial score (nSPS) is 22.3. The Morgan fingerprint density at radius 3 is 3.10 bits per heavy atom. The van der Waals surface area contributed by atoms with Crippen LogP contribution in [0.4, 0.5) is 5.69 Å². The number of halogens is 1. The van der Waals surface area contributed by atoms with Crippen LogP contribution in [0.25, 0.3) is 11.4 Å². The fourth-order valence-electron chi connectivity index (χ4n) is 2.50. The summed E-state index contributed by atoms with van der Waals surface area (Å²) in [5.74, 6) is 0.613. The number of tetrazole rings is 1. The standard InChI is InChI=1S/C13H16ClN5O/c1-13(5-2-6-20-13)8-19-12(16-17-18-19)10-7-9(14)3-4-11(10)15/h3-4,7H,2,5-6,8,15H2,1H3. The number of nitrogens with two attached hydrogens (primary N) is 1. The van der Waals surface area contributed by atoms with Crippen molar-refractivity contribution in [2.75, 3.05) is 12.3 Å². The Labute approximate surface area is 121 Å². The summed E-state index contributed by atoms with van der Waals surface area (Å²) in [6.07, 6.45) is 2.06. The van der Waals surface area contributed by atoms with Gasteiger partial charge in [0, 0.05) is 22.9 Å². The second-order valence-corrected chi connectivity index (χ2v) is 5.73. The van der Waals surface area contributed by atoms with Gasteiger partial charge in [0.15, 0.2) is 5.82 Å². The van der Waals surface area contributed by atoms with Gasteiger partial charge in [0.05, 0.1) is 12.1 Å². The lowest BCUT2D eigenvalue weighted by molar-refractivity contribution is 0.00356. The zero-order valence-corrected chi connectivity index (χ0v) is 12.0. The van der Waals surface area contributed by atoms with Crippen molar-refractivity contribution in [3.05, 3.63) is 23.2 Å². The minimum atomic E-state index is -0.225. The van der Waals surface area contributed by atoms with Gasteiger partial charge in [0.2, 0.25) is 0 Å². The molecule has 6 nitrogen and oxygen atoms in total. The van der Waals surface area contributed by atoms with E-state index in [1.807, 2.05) is 0 Å². The molecular weight excluding hydrogens is 278 g/mol. The molecule has 1 aromatic heterocycles. The molecule has 3 rings (SSSR count). The van der Waals surface area contributed by atoms with Crippen LogP contribution in [0.2, 0.25) is 5.02 Å². The Kier molecular flexibility index (Phi) is 3.35. The summed E-state index contributed by atoms with van der Waals surface area (Å²) >= 11 is 6.03. The van der Waals surface area contributed by atoms with Gasteiger partial charge in [-0.1, -0.05) is 11.6 Å². The second kappa shape index (κ2) is 5.03. The monoisotopic (exact) mass is 293 g/mol. The number of hydrogen-bond donors (Lipinski definition) is 1. The fourth-order valence-corrected chi connectivity index (χ4v) is 2.68. The summed E-state index contributed by atoms with van der Waals surface area (Å²) in [6, 6.07) is 5.28. The second-order valence-electron chi connectivity index (χ2n) is 5.29. The average molecular weight is 294 g/mol. The first-order valence-corrected chi connectivity index (χ1v) is 6.91. The summed E-state index contributed by atoms with van der Waals surface area (Å²) in [5.41, 5.74) is 7.11. The predicted octanol–water partition coefficient (Wildman–Crippen LogP) is 2.14. The van der Waals surface area contributed by atoms with E-state index in [0.29, 0.717) is 23.1 Å². The van der Waals surface area contributed by atoms with Crippen molar-refractivity contribution in [2.24, 2.45) is 0 Å². The van der Waals surface area contributed by atoms with E-state index in [-0.39, 0.29) is 5.60 Å². The lowest BCUT2D eigenvalue weighted by Gasteiger charge is -2.23. The number of rotatable bonds is 3. The number of nitrogens with zero attached hydrogens (tertiary/aromatic N) is 4. The minimum absolute atomic E-state index is 0.225. The van der Waals surface area contributed by atoms with Crippen LogP contribution < -0.4 is 5.73 Å². The van der Waals surface area contributed by atoms with E-state index in [2.05, 4.69) is 22.4 Å². The number of nitrogen functional groups attached to an aromatic ring is 1. The molecule has 0 amide bonds. The van der Waals surface area contributed by atoms with E-state index in [4.69, 9.17) is 22.1 Å². The molecule has 0 saturated carbocycles. The maximum Gasteiger partial charge on any atom is 0.184 e. The van der Waals surface area contributed by atoms with Crippen LogP contribution in [0, 0.1) is 0 Å². The SMILES string of the molecule is CC1(Cn2nnnc2-c2cc(Cl)ccc2N)CCCO1. The van der Waals surface area contributed by atoms with Gasteiger partial charge in [-0.25, -0.2) is 4.68 Å². The van der Waals surface area contributed by atoms with Crippen LogP contribution in [0.15, 0.2) is 18.2 Å². The van der Waals surface area contributed by atoms with Crippen LogP contribution in [-0.4, -0.2) is 32.4 Å². The summed E-state index contributed by atoms with van der Waals surface area (Å²) in [6.45, 7) is 3.46. The molecule has 2 N–H and O–H groups in total. The Morgan fingerprint density at radius 1 is 1.50 bits per heavy atom. The molecule has 2 aromatic rings. The zero-order valence-electron chi connectivity index (χ0n) is 11.2. The third-order valence-electron chi connectivity index (χ3n) is 3.57. The maximum atomic E-state index is 6.03. The summed E-state index contributed by atoms with van der Waals surface area (Å²) in [4.78, 5) is 0. The lowest BCUT2D eigenvalue weighted by Crippen LogP contribution is -2.30. The number of hydrogen-bond acceptors (Lipinski definition) is 5. The number of benzene rings is 1. The molecule has 0 aliphatic carbocycles. The third kappa shape index (κ3) is 2.48. The van der Waals surface area contributed by atoms with Crippen molar-refractivity contribution in [1.29, 1.82) is 0 Å². The van der Waals surface area contributed by atoms with Gasteiger partial charge >= 0.3 is 0 Å². The molecule has 1 unspecified atom stereocenters. The first-order valence-electron chi connectivity index (χ1n) is 6.53. The molecule has 1 aliphatic heterocycles. The van der Waals surface area contributed by atoms with Crippen LogP contribution in [-0.2, 0) is 11.3 Å². The van der Waals surface area contributed by atoms with E-state index >= 15 is 0 Å². The molecule has 0 bridgehead atoms. The van der Waals surface area contributed by atoms with Crippen molar-refractivity contribution >= 4 is 17.3 Å². The number of anilines is 1. The summed E-state index contributed by atoms with van der Waals surface area (Å²) < 4.78 is 7.51. The first-order chi connectivity index (χ1) is 9.57. The summed E-state index contributed by atoms with van der Waals surface area (Å²) in [5, 5.41) is 12.5. The highest BCUT2D eigenvalue weighted by atomic mass is 35.5. The Bertz CT molecular complexity index is 621. The lowest BCUT2D eigenvalue weighted by atomic mass is 10.0.